The zero-order valence-corrected chi connectivity index (χ0v) is 17.8. The van der Waals surface area contributed by atoms with E-state index in [1.807, 2.05) is 46.8 Å². The highest BCUT2D eigenvalue weighted by Crippen LogP contribution is 2.21. The van der Waals surface area contributed by atoms with Crippen LogP contribution in [0.1, 0.15) is 12.0 Å². The van der Waals surface area contributed by atoms with Crippen LogP contribution in [0.15, 0.2) is 54.9 Å². The number of nitrogens with zero attached hydrogens (tertiary/aromatic N) is 5. The molecule has 1 aromatic carbocycles. The molecule has 1 aliphatic heterocycles. The Hall–Kier alpha value is -2.36. The molecule has 1 atom stereocenters. The number of aromatic nitrogens is 4. The molecule has 0 bridgehead atoms. The zero-order chi connectivity index (χ0) is 20.4. The molecule has 1 unspecified atom stereocenters. The van der Waals surface area contributed by atoms with Crippen LogP contribution in [0.25, 0.3) is 11.4 Å². The molecule has 1 fully saturated rings. The number of benzene rings is 1. The first-order chi connectivity index (χ1) is 13.9. The van der Waals surface area contributed by atoms with Gasteiger partial charge in [0.25, 0.3) is 0 Å². The lowest BCUT2D eigenvalue weighted by molar-refractivity contribution is 0.196. The lowest BCUT2D eigenvalue weighted by Gasteiger charge is -2.22. The molecule has 0 aliphatic carbocycles. The first-order valence-corrected chi connectivity index (χ1v) is 11.7. The highest BCUT2D eigenvalue weighted by atomic mass is 32.2. The Morgan fingerprint density at radius 2 is 2.00 bits per heavy atom. The molecule has 1 aliphatic rings. The number of sulfone groups is 1. The third-order valence-corrected chi connectivity index (χ3v) is 7.40. The van der Waals surface area contributed by atoms with Crippen molar-refractivity contribution in [2.45, 2.75) is 25.7 Å². The van der Waals surface area contributed by atoms with Crippen LogP contribution in [0.3, 0.4) is 0 Å². The zero-order valence-electron chi connectivity index (χ0n) is 16.2. The van der Waals surface area contributed by atoms with Crippen LogP contribution >= 0.6 is 12.2 Å². The molecule has 29 heavy (non-hydrogen) atoms. The SMILES string of the molecule is CN(Cn1nc(-c2cccnc2)n(Cc2ccccc2)c1=S)C1CCS(=O)(=O)C1. The third kappa shape index (κ3) is 4.47. The van der Waals surface area contributed by atoms with E-state index in [9.17, 15) is 8.42 Å². The second kappa shape index (κ2) is 8.17. The summed E-state index contributed by atoms with van der Waals surface area (Å²) in [6.45, 7) is 1.04. The van der Waals surface area contributed by atoms with Crippen molar-refractivity contribution in [3.63, 3.8) is 0 Å². The second-order valence-corrected chi connectivity index (χ2v) is 9.97. The van der Waals surface area contributed by atoms with Crippen LogP contribution in [0, 0.1) is 4.77 Å². The van der Waals surface area contributed by atoms with Crippen molar-refractivity contribution in [3.8, 4) is 11.4 Å². The summed E-state index contributed by atoms with van der Waals surface area (Å²) in [7, 11) is -1.02. The summed E-state index contributed by atoms with van der Waals surface area (Å²) >= 11 is 5.75. The first-order valence-electron chi connectivity index (χ1n) is 9.45. The van der Waals surface area contributed by atoms with Crippen LogP contribution in [0.4, 0.5) is 0 Å². The van der Waals surface area contributed by atoms with Crippen molar-refractivity contribution >= 4 is 22.1 Å². The van der Waals surface area contributed by atoms with Gasteiger partial charge < -0.3 is 0 Å². The number of hydrogen-bond acceptors (Lipinski definition) is 6. The van der Waals surface area contributed by atoms with E-state index in [1.54, 1.807) is 17.1 Å². The molecule has 0 N–H and O–H groups in total. The normalized spacial score (nSPS) is 18.3. The first kappa shape index (κ1) is 19.9. The Bertz CT molecular complexity index is 1140. The van der Waals surface area contributed by atoms with Crippen LogP contribution in [-0.2, 0) is 23.1 Å². The summed E-state index contributed by atoms with van der Waals surface area (Å²) in [5.41, 5.74) is 2.02. The minimum absolute atomic E-state index is 0.0111. The van der Waals surface area contributed by atoms with E-state index in [1.165, 1.54) is 0 Å². The Labute approximate surface area is 175 Å². The number of hydrogen-bond donors (Lipinski definition) is 0. The quantitative estimate of drug-likeness (QED) is 0.561. The lowest BCUT2D eigenvalue weighted by atomic mass is 10.2. The third-order valence-electron chi connectivity index (χ3n) is 5.21. The Balaban J connectivity index is 1.67. The van der Waals surface area contributed by atoms with Gasteiger partial charge in [0.15, 0.2) is 20.4 Å². The van der Waals surface area contributed by atoms with E-state index in [0.717, 1.165) is 17.0 Å². The van der Waals surface area contributed by atoms with Gasteiger partial charge in [0.2, 0.25) is 0 Å². The Morgan fingerprint density at radius 3 is 2.66 bits per heavy atom. The molecule has 0 radical (unpaired) electrons. The van der Waals surface area contributed by atoms with Crippen LogP contribution in [0.5, 0.6) is 0 Å². The molecular formula is C20H23N5O2S2. The summed E-state index contributed by atoms with van der Waals surface area (Å²) in [6, 6.07) is 13.9. The highest BCUT2D eigenvalue weighted by Gasteiger charge is 2.31. The van der Waals surface area contributed by atoms with E-state index >= 15 is 0 Å². The Kier molecular flexibility index (Phi) is 5.62. The lowest BCUT2D eigenvalue weighted by Crippen LogP contribution is -2.34. The van der Waals surface area contributed by atoms with E-state index < -0.39 is 9.84 Å². The van der Waals surface area contributed by atoms with Crippen molar-refractivity contribution in [1.29, 1.82) is 0 Å². The fourth-order valence-corrected chi connectivity index (χ4v) is 5.65. The average Bonchev–Trinajstić information content (AvgIpc) is 3.24. The maximum absolute atomic E-state index is 11.8. The predicted octanol–water partition coefficient (Wildman–Crippen LogP) is 2.60. The van der Waals surface area contributed by atoms with Gasteiger partial charge in [0, 0.05) is 24.0 Å². The standard InChI is InChI=1S/C20H23N5O2S2/c1-23(18-9-11-29(26,27)14-18)15-25-20(28)24(13-16-6-3-2-4-7-16)19(22-25)17-8-5-10-21-12-17/h2-8,10,12,18H,9,11,13-15H2,1H3. The van der Waals surface area contributed by atoms with Crippen molar-refractivity contribution < 1.29 is 8.42 Å². The topological polar surface area (TPSA) is 73.0 Å². The largest absolute Gasteiger partial charge is 0.295 e. The molecule has 3 heterocycles. The molecular weight excluding hydrogens is 406 g/mol. The summed E-state index contributed by atoms with van der Waals surface area (Å²) in [5, 5.41) is 4.77. The van der Waals surface area contributed by atoms with Crippen LogP contribution in [-0.4, -0.2) is 57.2 Å². The van der Waals surface area contributed by atoms with Gasteiger partial charge in [-0.2, -0.15) is 5.10 Å². The van der Waals surface area contributed by atoms with Gasteiger partial charge in [0.1, 0.15) is 0 Å². The summed E-state index contributed by atoms with van der Waals surface area (Å²) in [6.07, 6.45) is 4.15. The maximum atomic E-state index is 11.8. The van der Waals surface area contributed by atoms with E-state index in [-0.39, 0.29) is 17.5 Å². The number of rotatable bonds is 6. The highest BCUT2D eigenvalue weighted by molar-refractivity contribution is 7.91. The molecule has 1 saturated heterocycles. The minimum atomic E-state index is -2.94. The van der Waals surface area contributed by atoms with Crippen molar-refractivity contribution in [2.75, 3.05) is 18.6 Å². The van der Waals surface area contributed by atoms with Crippen molar-refractivity contribution in [1.82, 2.24) is 24.2 Å². The summed E-state index contributed by atoms with van der Waals surface area (Å²) < 4.78 is 28.0. The maximum Gasteiger partial charge on any atom is 0.199 e. The van der Waals surface area contributed by atoms with Crippen molar-refractivity contribution in [3.05, 3.63) is 65.2 Å². The Morgan fingerprint density at radius 1 is 1.21 bits per heavy atom. The number of pyridine rings is 1. The molecule has 9 heteroatoms. The van der Waals surface area contributed by atoms with E-state index in [2.05, 4.69) is 17.1 Å². The molecule has 2 aromatic heterocycles. The predicted molar refractivity (Wildman–Crippen MR) is 115 cm³/mol. The van der Waals surface area contributed by atoms with E-state index in [4.69, 9.17) is 17.3 Å². The molecule has 0 amide bonds. The fourth-order valence-electron chi connectivity index (χ4n) is 3.60. The fraction of sp³-hybridized carbons (Fsp3) is 0.350. The molecule has 0 spiro atoms. The van der Waals surface area contributed by atoms with Gasteiger partial charge in [-0.05, 0) is 43.4 Å². The van der Waals surface area contributed by atoms with Gasteiger partial charge >= 0.3 is 0 Å². The van der Waals surface area contributed by atoms with Crippen molar-refractivity contribution in [2.24, 2.45) is 0 Å². The molecule has 3 aromatic rings. The molecule has 0 saturated carbocycles. The second-order valence-electron chi connectivity index (χ2n) is 7.37. The molecule has 7 nitrogen and oxygen atoms in total. The van der Waals surface area contributed by atoms with Gasteiger partial charge in [-0.25, -0.2) is 13.1 Å². The van der Waals surface area contributed by atoms with Crippen LogP contribution < -0.4 is 0 Å². The van der Waals surface area contributed by atoms with Gasteiger partial charge in [0.05, 0.1) is 24.7 Å². The monoisotopic (exact) mass is 429 g/mol. The summed E-state index contributed by atoms with van der Waals surface area (Å²) in [4.78, 5) is 6.24. The smallest absolute Gasteiger partial charge is 0.199 e. The van der Waals surface area contributed by atoms with Gasteiger partial charge in [-0.1, -0.05) is 30.3 Å². The van der Waals surface area contributed by atoms with E-state index in [0.29, 0.717) is 24.4 Å². The van der Waals surface area contributed by atoms with Gasteiger partial charge in [-0.3, -0.25) is 14.5 Å². The van der Waals surface area contributed by atoms with Crippen LogP contribution in [0.2, 0.25) is 0 Å². The molecule has 152 valence electrons. The average molecular weight is 430 g/mol. The van der Waals surface area contributed by atoms with Gasteiger partial charge in [-0.15, -0.1) is 0 Å². The minimum Gasteiger partial charge on any atom is -0.295 e. The molecule has 4 rings (SSSR count). The summed E-state index contributed by atoms with van der Waals surface area (Å²) in [5.74, 6) is 1.19.